The number of anilines is 1. The fraction of sp³-hybridized carbons (Fsp3) is 0.533. The van der Waals surface area contributed by atoms with Crippen LogP contribution in [0.15, 0.2) is 18.2 Å². The molecule has 1 aromatic carbocycles. The normalized spacial score (nSPS) is 21.8. The lowest BCUT2D eigenvalue weighted by Crippen LogP contribution is -2.30. The number of nitrogens with one attached hydrogen (secondary N) is 1. The van der Waals surface area contributed by atoms with Crippen LogP contribution in [-0.2, 0) is 9.53 Å². The minimum Gasteiger partial charge on any atom is -0.494 e. The molecule has 1 heterocycles. The second-order valence-electron chi connectivity index (χ2n) is 4.96. The van der Waals surface area contributed by atoms with Gasteiger partial charge in [0.2, 0.25) is 0 Å². The maximum atomic E-state index is 12.1. The van der Waals surface area contributed by atoms with Gasteiger partial charge >= 0.3 is 0 Å². The van der Waals surface area contributed by atoms with Gasteiger partial charge in [-0.25, -0.2) is 0 Å². The molecule has 1 amide bonds. The Morgan fingerprint density at radius 1 is 1.50 bits per heavy atom. The third-order valence-electron chi connectivity index (χ3n) is 3.43. The fourth-order valence-electron chi connectivity index (χ4n) is 2.32. The van der Waals surface area contributed by atoms with E-state index >= 15 is 0 Å². The van der Waals surface area contributed by atoms with Crippen LogP contribution in [-0.4, -0.2) is 31.3 Å². The van der Waals surface area contributed by atoms with Crippen molar-refractivity contribution in [3.8, 4) is 5.75 Å². The quantitative estimate of drug-likeness (QED) is 0.862. The molecule has 5 heteroatoms. The molecule has 0 spiro atoms. The van der Waals surface area contributed by atoms with E-state index in [-0.39, 0.29) is 12.0 Å². The van der Waals surface area contributed by atoms with Crippen molar-refractivity contribution in [1.29, 1.82) is 0 Å². The van der Waals surface area contributed by atoms with E-state index in [4.69, 9.17) is 15.2 Å². The molecule has 5 nitrogen and oxygen atoms in total. The van der Waals surface area contributed by atoms with Crippen molar-refractivity contribution in [2.24, 2.45) is 5.73 Å². The molecule has 110 valence electrons. The Hall–Kier alpha value is -1.59. The molecule has 1 aromatic rings. The Labute approximate surface area is 119 Å². The SMILES string of the molecule is CCOc1ccc(NC(=O)C2CCC(CN)O2)c(C)c1. The van der Waals surface area contributed by atoms with Gasteiger partial charge in [0, 0.05) is 12.2 Å². The van der Waals surface area contributed by atoms with Gasteiger partial charge in [-0.1, -0.05) is 0 Å². The Balaban J connectivity index is 1.97. The Kier molecular flexibility index (Phi) is 4.98. The standard InChI is InChI=1S/C15H22N2O3/c1-3-19-11-4-6-13(10(2)8-11)17-15(18)14-7-5-12(9-16)20-14/h4,6,8,12,14H,3,5,7,9,16H2,1-2H3,(H,17,18). The number of carbonyl (C=O) groups is 1. The summed E-state index contributed by atoms with van der Waals surface area (Å²) in [7, 11) is 0. The first kappa shape index (κ1) is 14.8. The summed E-state index contributed by atoms with van der Waals surface area (Å²) in [6.45, 7) is 4.97. The van der Waals surface area contributed by atoms with Gasteiger partial charge in [0.1, 0.15) is 11.9 Å². The number of benzene rings is 1. The lowest BCUT2D eigenvalue weighted by atomic mass is 10.1. The fourth-order valence-corrected chi connectivity index (χ4v) is 2.32. The molecule has 1 aliphatic heterocycles. The van der Waals surface area contributed by atoms with Crippen molar-refractivity contribution in [3.05, 3.63) is 23.8 Å². The summed E-state index contributed by atoms with van der Waals surface area (Å²) in [5.41, 5.74) is 7.31. The summed E-state index contributed by atoms with van der Waals surface area (Å²) >= 11 is 0. The van der Waals surface area contributed by atoms with Crippen LogP contribution in [0.1, 0.15) is 25.3 Å². The maximum absolute atomic E-state index is 12.1. The maximum Gasteiger partial charge on any atom is 0.253 e. The predicted molar refractivity (Wildman–Crippen MR) is 77.9 cm³/mol. The molecule has 0 aliphatic carbocycles. The van der Waals surface area contributed by atoms with Gasteiger partial charge in [0.05, 0.1) is 12.7 Å². The lowest BCUT2D eigenvalue weighted by Gasteiger charge is -2.14. The highest BCUT2D eigenvalue weighted by Gasteiger charge is 2.29. The number of ether oxygens (including phenoxy) is 2. The summed E-state index contributed by atoms with van der Waals surface area (Å²) in [4.78, 5) is 12.1. The van der Waals surface area contributed by atoms with E-state index in [1.807, 2.05) is 32.0 Å². The summed E-state index contributed by atoms with van der Waals surface area (Å²) in [5.74, 6) is 0.705. The van der Waals surface area contributed by atoms with E-state index in [1.54, 1.807) is 0 Å². The van der Waals surface area contributed by atoms with E-state index in [0.29, 0.717) is 13.2 Å². The summed E-state index contributed by atoms with van der Waals surface area (Å²) in [6.07, 6.45) is 1.18. The number of aryl methyl sites for hydroxylation is 1. The van der Waals surface area contributed by atoms with Crippen LogP contribution in [0.4, 0.5) is 5.69 Å². The van der Waals surface area contributed by atoms with Crippen molar-refractivity contribution >= 4 is 11.6 Å². The summed E-state index contributed by atoms with van der Waals surface area (Å²) in [6, 6.07) is 5.62. The van der Waals surface area contributed by atoms with Crippen molar-refractivity contribution in [2.45, 2.75) is 38.9 Å². The third-order valence-corrected chi connectivity index (χ3v) is 3.43. The zero-order valence-corrected chi connectivity index (χ0v) is 12.0. The monoisotopic (exact) mass is 278 g/mol. The number of amides is 1. The second-order valence-corrected chi connectivity index (χ2v) is 4.96. The number of nitrogens with two attached hydrogens (primary N) is 1. The molecule has 1 fully saturated rings. The van der Waals surface area contributed by atoms with Crippen LogP contribution >= 0.6 is 0 Å². The number of carbonyl (C=O) groups excluding carboxylic acids is 1. The average molecular weight is 278 g/mol. The summed E-state index contributed by atoms with van der Waals surface area (Å²) < 4.78 is 11.0. The van der Waals surface area contributed by atoms with Gasteiger partial charge in [-0.05, 0) is 50.5 Å². The van der Waals surface area contributed by atoms with Crippen LogP contribution < -0.4 is 15.8 Å². The van der Waals surface area contributed by atoms with Crippen molar-refractivity contribution in [2.75, 3.05) is 18.5 Å². The van der Waals surface area contributed by atoms with E-state index < -0.39 is 6.10 Å². The highest BCUT2D eigenvalue weighted by Crippen LogP contribution is 2.24. The molecule has 0 bridgehead atoms. The van der Waals surface area contributed by atoms with Crippen LogP contribution in [0, 0.1) is 6.92 Å². The topological polar surface area (TPSA) is 73.6 Å². The Bertz CT molecular complexity index is 476. The summed E-state index contributed by atoms with van der Waals surface area (Å²) in [5, 5.41) is 2.91. The number of hydrogen-bond donors (Lipinski definition) is 2. The largest absolute Gasteiger partial charge is 0.494 e. The second kappa shape index (κ2) is 6.72. The van der Waals surface area contributed by atoms with E-state index in [1.165, 1.54) is 0 Å². The third kappa shape index (κ3) is 3.49. The van der Waals surface area contributed by atoms with Gasteiger partial charge in [-0.3, -0.25) is 4.79 Å². The van der Waals surface area contributed by atoms with Crippen molar-refractivity contribution < 1.29 is 14.3 Å². The predicted octanol–water partition coefficient (Wildman–Crippen LogP) is 1.84. The van der Waals surface area contributed by atoms with Gasteiger partial charge < -0.3 is 20.5 Å². The first-order valence-corrected chi connectivity index (χ1v) is 7.04. The minimum atomic E-state index is -0.394. The minimum absolute atomic E-state index is 0.00665. The highest BCUT2D eigenvalue weighted by molar-refractivity contribution is 5.95. The Morgan fingerprint density at radius 2 is 2.30 bits per heavy atom. The van der Waals surface area contributed by atoms with Crippen LogP contribution in [0.3, 0.4) is 0 Å². The molecular formula is C15H22N2O3. The molecule has 2 atom stereocenters. The first-order chi connectivity index (χ1) is 9.63. The van der Waals surface area contributed by atoms with Gasteiger partial charge in [0.15, 0.2) is 0 Å². The van der Waals surface area contributed by atoms with Crippen LogP contribution in [0.25, 0.3) is 0 Å². The smallest absolute Gasteiger partial charge is 0.253 e. The van der Waals surface area contributed by atoms with Gasteiger partial charge in [0.25, 0.3) is 5.91 Å². The molecule has 3 N–H and O–H groups in total. The van der Waals surface area contributed by atoms with E-state index in [9.17, 15) is 4.79 Å². The Morgan fingerprint density at radius 3 is 2.90 bits per heavy atom. The number of hydrogen-bond acceptors (Lipinski definition) is 4. The first-order valence-electron chi connectivity index (χ1n) is 7.04. The molecular weight excluding hydrogens is 256 g/mol. The molecule has 1 saturated heterocycles. The molecule has 1 aliphatic rings. The molecule has 0 saturated carbocycles. The highest BCUT2D eigenvalue weighted by atomic mass is 16.5. The van der Waals surface area contributed by atoms with Crippen molar-refractivity contribution in [1.82, 2.24) is 0 Å². The molecule has 0 radical (unpaired) electrons. The molecule has 20 heavy (non-hydrogen) atoms. The average Bonchev–Trinajstić information content (AvgIpc) is 2.91. The van der Waals surface area contributed by atoms with Crippen LogP contribution in [0.5, 0.6) is 5.75 Å². The van der Waals surface area contributed by atoms with Crippen molar-refractivity contribution in [3.63, 3.8) is 0 Å². The zero-order chi connectivity index (χ0) is 14.5. The van der Waals surface area contributed by atoms with Gasteiger partial charge in [-0.15, -0.1) is 0 Å². The van der Waals surface area contributed by atoms with E-state index in [2.05, 4.69) is 5.32 Å². The molecule has 2 unspecified atom stereocenters. The van der Waals surface area contributed by atoms with Crippen LogP contribution in [0.2, 0.25) is 0 Å². The lowest BCUT2D eigenvalue weighted by molar-refractivity contribution is -0.126. The van der Waals surface area contributed by atoms with Gasteiger partial charge in [-0.2, -0.15) is 0 Å². The zero-order valence-electron chi connectivity index (χ0n) is 12.0. The molecule has 2 rings (SSSR count). The number of rotatable bonds is 5. The molecule has 0 aromatic heterocycles. The van der Waals surface area contributed by atoms with E-state index in [0.717, 1.165) is 29.8 Å².